The Hall–Kier alpha value is -3.66. The van der Waals surface area contributed by atoms with Crippen LogP contribution in [-0.2, 0) is 4.79 Å². The maximum Gasteiger partial charge on any atom is 0.257 e. The maximum atomic E-state index is 13.8. The molecule has 2 amide bonds. The molecule has 2 fully saturated rings. The lowest BCUT2D eigenvalue weighted by molar-refractivity contribution is -0.118. The van der Waals surface area contributed by atoms with Gasteiger partial charge in [-0.3, -0.25) is 9.59 Å². The van der Waals surface area contributed by atoms with Gasteiger partial charge in [-0.25, -0.2) is 9.07 Å². The molecule has 9 nitrogen and oxygen atoms in total. The number of halogens is 1. The highest BCUT2D eigenvalue weighted by atomic mass is 19.1. The quantitative estimate of drug-likeness (QED) is 0.490. The summed E-state index contributed by atoms with van der Waals surface area (Å²) in [6.45, 7) is 9.66. The van der Waals surface area contributed by atoms with Crippen LogP contribution in [0, 0.1) is 38.4 Å². The van der Waals surface area contributed by atoms with Crippen molar-refractivity contribution >= 4 is 11.8 Å². The minimum atomic E-state index is -0.380. The zero-order valence-electron chi connectivity index (χ0n) is 22.1. The van der Waals surface area contributed by atoms with Crippen molar-refractivity contribution < 1.29 is 14.0 Å². The molecule has 4 heterocycles. The molecule has 0 spiro atoms. The van der Waals surface area contributed by atoms with Gasteiger partial charge in [0.15, 0.2) is 5.82 Å². The topological polar surface area (TPSA) is 110 Å². The first-order valence-corrected chi connectivity index (χ1v) is 13.1. The first kappa shape index (κ1) is 26.0. The number of likely N-dealkylation sites (tertiary alicyclic amines) is 2. The smallest absolute Gasteiger partial charge is 0.257 e. The zero-order valence-corrected chi connectivity index (χ0v) is 22.1. The average molecular weight is 520 g/mol. The van der Waals surface area contributed by atoms with Gasteiger partial charge >= 0.3 is 0 Å². The van der Waals surface area contributed by atoms with E-state index in [9.17, 15) is 14.0 Å². The van der Waals surface area contributed by atoms with Gasteiger partial charge < -0.3 is 15.5 Å². The molecule has 200 valence electrons. The van der Waals surface area contributed by atoms with Crippen LogP contribution in [0.3, 0.4) is 0 Å². The number of hydrogen-bond donors (Lipinski definition) is 1. The predicted octanol–water partition coefficient (Wildman–Crippen LogP) is 2.78. The van der Waals surface area contributed by atoms with E-state index in [0.717, 1.165) is 43.0 Å². The SMILES string of the molecule is Cc1ccc(-n2nc(C)c(C(=O)N3CC4CN(CC[C@@H](CC(N)=O)c5cccc(F)c5)CC4C3)c2C)nn1. The van der Waals surface area contributed by atoms with Crippen molar-refractivity contribution in [3.63, 3.8) is 0 Å². The molecule has 2 aromatic heterocycles. The third-order valence-electron chi connectivity index (χ3n) is 7.92. The van der Waals surface area contributed by atoms with Crippen LogP contribution in [0.4, 0.5) is 4.39 Å². The van der Waals surface area contributed by atoms with Gasteiger partial charge in [0.2, 0.25) is 5.91 Å². The number of aromatic nitrogens is 4. The number of fused-ring (bicyclic) bond motifs is 1. The van der Waals surface area contributed by atoms with Crippen LogP contribution < -0.4 is 5.73 Å². The van der Waals surface area contributed by atoms with E-state index in [1.54, 1.807) is 10.7 Å². The van der Waals surface area contributed by atoms with Gasteiger partial charge in [-0.1, -0.05) is 12.1 Å². The molecule has 2 saturated heterocycles. The van der Waals surface area contributed by atoms with Crippen molar-refractivity contribution in [3.8, 4) is 5.82 Å². The lowest BCUT2D eigenvalue weighted by Crippen LogP contribution is -2.34. The predicted molar refractivity (Wildman–Crippen MR) is 140 cm³/mol. The molecule has 2 aliphatic rings. The minimum absolute atomic E-state index is 0.0138. The molecule has 1 aromatic carbocycles. The Kier molecular flexibility index (Phi) is 7.25. The Morgan fingerprint density at radius 2 is 1.79 bits per heavy atom. The summed E-state index contributed by atoms with van der Waals surface area (Å²) in [6.07, 6.45) is 0.931. The second-order valence-electron chi connectivity index (χ2n) is 10.7. The van der Waals surface area contributed by atoms with Crippen molar-refractivity contribution in [2.75, 3.05) is 32.7 Å². The van der Waals surface area contributed by atoms with Gasteiger partial charge in [0.1, 0.15) is 5.82 Å². The fourth-order valence-electron chi connectivity index (χ4n) is 6.01. The van der Waals surface area contributed by atoms with E-state index in [0.29, 0.717) is 42.0 Å². The number of primary amides is 1. The van der Waals surface area contributed by atoms with E-state index in [1.807, 2.05) is 43.9 Å². The van der Waals surface area contributed by atoms with Crippen LogP contribution in [0.2, 0.25) is 0 Å². The molecule has 2 aliphatic heterocycles. The van der Waals surface area contributed by atoms with Crippen LogP contribution in [0.15, 0.2) is 36.4 Å². The van der Waals surface area contributed by atoms with E-state index >= 15 is 0 Å². The highest BCUT2D eigenvalue weighted by Crippen LogP contribution is 2.34. The van der Waals surface area contributed by atoms with Crippen LogP contribution in [0.25, 0.3) is 5.82 Å². The number of carbonyl (C=O) groups is 2. The Balaban J connectivity index is 1.20. The number of nitrogens with two attached hydrogens (primary N) is 1. The summed E-state index contributed by atoms with van der Waals surface area (Å²) in [4.78, 5) is 29.6. The Morgan fingerprint density at radius 3 is 2.42 bits per heavy atom. The number of rotatable bonds is 8. The van der Waals surface area contributed by atoms with Crippen LogP contribution in [0.5, 0.6) is 0 Å². The number of nitrogens with zero attached hydrogens (tertiary/aromatic N) is 6. The molecule has 5 rings (SSSR count). The minimum Gasteiger partial charge on any atom is -0.370 e. The fraction of sp³-hybridized carbons (Fsp3) is 0.464. The largest absolute Gasteiger partial charge is 0.370 e. The first-order valence-electron chi connectivity index (χ1n) is 13.1. The van der Waals surface area contributed by atoms with Gasteiger partial charge in [0.05, 0.1) is 22.6 Å². The van der Waals surface area contributed by atoms with Gasteiger partial charge in [-0.15, -0.1) is 5.10 Å². The van der Waals surface area contributed by atoms with Gasteiger partial charge in [-0.05, 0) is 81.3 Å². The molecule has 2 unspecified atom stereocenters. The summed E-state index contributed by atoms with van der Waals surface area (Å²) < 4.78 is 15.5. The second kappa shape index (κ2) is 10.6. The molecule has 2 N–H and O–H groups in total. The van der Waals surface area contributed by atoms with Gasteiger partial charge in [0, 0.05) is 32.6 Å². The van der Waals surface area contributed by atoms with Crippen LogP contribution >= 0.6 is 0 Å². The van der Waals surface area contributed by atoms with Crippen LogP contribution in [0.1, 0.15) is 51.8 Å². The Bertz CT molecular complexity index is 1330. The van der Waals surface area contributed by atoms with Crippen molar-refractivity contribution in [1.29, 1.82) is 0 Å². The first-order chi connectivity index (χ1) is 18.2. The van der Waals surface area contributed by atoms with E-state index in [2.05, 4.69) is 20.2 Å². The number of benzene rings is 1. The maximum absolute atomic E-state index is 13.8. The summed E-state index contributed by atoms with van der Waals surface area (Å²) in [7, 11) is 0. The van der Waals surface area contributed by atoms with Crippen molar-refractivity contribution in [3.05, 3.63) is 70.4 Å². The molecular formula is C28H34FN7O2. The molecule has 0 aliphatic carbocycles. The van der Waals surface area contributed by atoms with E-state index in [1.165, 1.54) is 12.1 Å². The molecule has 3 aromatic rings. The Labute approximate surface area is 221 Å². The number of amides is 2. The fourth-order valence-corrected chi connectivity index (χ4v) is 6.01. The molecule has 38 heavy (non-hydrogen) atoms. The lowest BCUT2D eigenvalue weighted by atomic mass is 9.92. The lowest BCUT2D eigenvalue weighted by Gasteiger charge is -2.24. The summed E-state index contributed by atoms with van der Waals surface area (Å²) in [5.74, 6) is 0.623. The Morgan fingerprint density at radius 1 is 1.05 bits per heavy atom. The number of carbonyl (C=O) groups excluding carboxylic acids is 2. The molecular weight excluding hydrogens is 485 g/mol. The highest BCUT2D eigenvalue weighted by Gasteiger charge is 2.42. The standard InChI is InChI=1S/C28H34FN7O2/c1-17-7-8-26(32-31-17)36-19(3)27(18(2)33-36)28(38)35-15-22-13-34(14-23(22)16-35)10-9-21(12-25(30)37)20-5-4-6-24(29)11-20/h4-8,11,21-23H,9-10,12-16H2,1-3H3,(H2,30,37)/t21-,22?,23?/m0/s1. The van der Waals surface area contributed by atoms with Crippen molar-refractivity contribution in [1.82, 2.24) is 29.8 Å². The average Bonchev–Trinajstić information content (AvgIpc) is 3.53. The van der Waals surface area contributed by atoms with Crippen LogP contribution in [-0.4, -0.2) is 74.3 Å². The molecule has 0 bridgehead atoms. The molecule has 0 radical (unpaired) electrons. The monoisotopic (exact) mass is 519 g/mol. The number of aryl methyl sites for hydroxylation is 2. The summed E-state index contributed by atoms with van der Waals surface area (Å²) in [5, 5.41) is 12.9. The number of hydrogen-bond acceptors (Lipinski definition) is 6. The normalized spacial score (nSPS) is 20.1. The highest BCUT2D eigenvalue weighted by molar-refractivity contribution is 5.96. The van der Waals surface area contributed by atoms with Crippen molar-refractivity contribution in [2.24, 2.45) is 17.6 Å². The summed E-state index contributed by atoms with van der Waals surface area (Å²) in [6, 6.07) is 10.2. The van der Waals surface area contributed by atoms with Gasteiger partial charge in [-0.2, -0.15) is 10.2 Å². The molecule has 10 heteroatoms. The molecule has 0 saturated carbocycles. The summed E-state index contributed by atoms with van der Waals surface area (Å²) >= 11 is 0. The third kappa shape index (κ3) is 5.31. The molecule has 3 atom stereocenters. The third-order valence-corrected chi connectivity index (χ3v) is 7.92. The zero-order chi connectivity index (χ0) is 27.0. The van der Waals surface area contributed by atoms with Gasteiger partial charge in [0.25, 0.3) is 5.91 Å². The van der Waals surface area contributed by atoms with Crippen molar-refractivity contribution in [2.45, 2.75) is 39.5 Å². The van der Waals surface area contributed by atoms with E-state index in [4.69, 9.17) is 5.73 Å². The van der Waals surface area contributed by atoms with E-state index < -0.39 is 0 Å². The van der Waals surface area contributed by atoms with E-state index in [-0.39, 0.29) is 30.0 Å². The second-order valence-corrected chi connectivity index (χ2v) is 10.7. The summed E-state index contributed by atoms with van der Waals surface area (Å²) in [5.41, 5.74) is 9.20.